The van der Waals surface area contributed by atoms with Crippen LogP contribution in [0.2, 0.25) is 0 Å². The zero-order chi connectivity index (χ0) is 17.8. The Balaban J connectivity index is 1.74. The molecule has 1 aliphatic heterocycles. The van der Waals surface area contributed by atoms with E-state index in [2.05, 4.69) is 40.1 Å². The third-order valence-electron chi connectivity index (χ3n) is 4.63. The Morgan fingerprint density at radius 1 is 1.27 bits per heavy atom. The van der Waals surface area contributed by atoms with Crippen molar-refractivity contribution in [3.63, 3.8) is 0 Å². The molecule has 0 aromatic carbocycles. The summed E-state index contributed by atoms with van der Waals surface area (Å²) in [5, 5.41) is 9.29. The number of hydrogen-bond acceptors (Lipinski definition) is 6. The Morgan fingerprint density at radius 3 is 3.00 bits per heavy atom. The highest BCUT2D eigenvalue weighted by Gasteiger charge is 2.21. The Kier molecular flexibility index (Phi) is 5.22. The SMILES string of the molecule is CCC[C@@H](Nc1nc(-c2cccnc2)nc2c1CCNC2)c1cccs1. The molecule has 0 fully saturated rings. The molecule has 1 atom stereocenters. The van der Waals surface area contributed by atoms with Gasteiger partial charge >= 0.3 is 0 Å². The highest BCUT2D eigenvalue weighted by atomic mass is 32.1. The van der Waals surface area contributed by atoms with Gasteiger partial charge in [-0.05, 0) is 43.0 Å². The van der Waals surface area contributed by atoms with Crippen LogP contribution in [-0.2, 0) is 13.0 Å². The lowest BCUT2D eigenvalue weighted by atomic mass is 10.0. The van der Waals surface area contributed by atoms with E-state index in [1.165, 1.54) is 10.4 Å². The van der Waals surface area contributed by atoms with Gasteiger partial charge in [-0.3, -0.25) is 4.98 Å². The van der Waals surface area contributed by atoms with Crippen LogP contribution in [0.25, 0.3) is 11.4 Å². The summed E-state index contributed by atoms with van der Waals surface area (Å²) in [4.78, 5) is 15.3. The smallest absolute Gasteiger partial charge is 0.163 e. The fraction of sp³-hybridized carbons (Fsp3) is 0.350. The van der Waals surface area contributed by atoms with E-state index >= 15 is 0 Å². The maximum atomic E-state index is 4.90. The van der Waals surface area contributed by atoms with Gasteiger partial charge in [-0.15, -0.1) is 11.3 Å². The van der Waals surface area contributed by atoms with Crippen LogP contribution in [0.4, 0.5) is 5.82 Å². The zero-order valence-corrected chi connectivity index (χ0v) is 15.7. The summed E-state index contributed by atoms with van der Waals surface area (Å²) in [7, 11) is 0. The van der Waals surface area contributed by atoms with E-state index in [9.17, 15) is 0 Å². The topological polar surface area (TPSA) is 62.7 Å². The minimum atomic E-state index is 0.288. The van der Waals surface area contributed by atoms with Crippen molar-refractivity contribution in [3.05, 3.63) is 58.2 Å². The first kappa shape index (κ1) is 17.1. The largest absolute Gasteiger partial charge is 0.362 e. The van der Waals surface area contributed by atoms with Crippen LogP contribution in [0.1, 0.15) is 41.9 Å². The van der Waals surface area contributed by atoms with Crippen LogP contribution in [0.3, 0.4) is 0 Å². The summed E-state index contributed by atoms with van der Waals surface area (Å²) in [6.07, 6.45) is 6.76. The minimum absolute atomic E-state index is 0.288. The Morgan fingerprint density at radius 2 is 2.23 bits per heavy atom. The molecule has 5 nitrogen and oxygen atoms in total. The van der Waals surface area contributed by atoms with E-state index in [1.54, 1.807) is 17.5 Å². The first-order chi connectivity index (χ1) is 12.8. The zero-order valence-electron chi connectivity index (χ0n) is 14.9. The number of anilines is 1. The Bertz CT molecular complexity index is 848. The predicted octanol–water partition coefficient (Wildman–Crippen LogP) is 4.20. The van der Waals surface area contributed by atoms with Gasteiger partial charge < -0.3 is 10.6 Å². The van der Waals surface area contributed by atoms with E-state index in [-0.39, 0.29) is 6.04 Å². The molecular weight excluding hydrogens is 342 g/mol. The molecular formula is C20H23N5S. The first-order valence-electron chi connectivity index (χ1n) is 9.16. The Labute approximate surface area is 157 Å². The van der Waals surface area contributed by atoms with Crippen LogP contribution in [-0.4, -0.2) is 21.5 Å². The summed E-state index contributed by atoms with van der Waals surface area (Å²) in [5.74, 6) is 1.71. The van der Waals surface area contributed by atoms with Gasteiger partial charge in [0.05, 0.1) is 11.7 Å². The van der Waals surface area contributed by atoms with Crippen LogP contribution in [0.5, 0.6) is 0 Å². The minimum Gasteiger partial charge on any atom is -0.362 e. The van der Waals surface area contributed by atoms with Crippen molar-refractivity contribution in [2.45, 2.75) is 38.8 Å². The highest BCUT2D eigenvalue weighted by Crippen LogP contribution is 2.31. The molecule has 2 N–H and O–H groups in total. The lowest BCUT2D eigenvalue weighted by Gasteiger charge is -2.24. The number of thiophene rings is 1. The lowest BCUT2D eigenvalue weighted by Crippen LogP contribution is -2.27. The van der Waals surface area contributed by atoms with Gasteiger partial charge in [0.15, 0.2) is 5.82 Å². The van der Waals surface area contributed by atoms with Crippen LogP contribution < -0.4 is 10.6 Å². The molecule has 3 aromatic heterocycles. The average molecular weight is 366 g/mol. The number of pyridine rings is 1. The second kappa shape index (κ2) is 7.93. The molecule has 0 unspecified atom stereocenters. The van der Waals surface area contributed by atoms with Crippen molar-refractivity contribution in [1.82, 2.24) is 20.3 Å². The molecule has 0 saturated heterocycles. The van der Waals surface area contributed by atoms with E-state index in [0.717, 1.165) is 55.3 Å². The van der Waals surface area contributed by atoms with Gasteiger partial charge in [0, 0.05) is 34.9 Å². The number of rotatable bonds is 6. The monoisotopic (exact) mass is 365 g/mol. The maximum absolute atomic E-state index is 4.90. The average Bonchev–Trinajstić information content (AvgIpc) is 3.23. The van der Waals surface area contributed by atoms with E-state index < -0.39 is 0 Å². The highest BCUT2D eigenvalue weighted by molar-refractivity contribution is 7.10. The number of nitrogens with one attached hydrogen (secondary N) is 2. The number of fused-ring (bicyclic) bond motifs is 1. The molecule has 26 heavy (non-hydrogen) atoms. The summed E-state index contributed by atoms with van der Waals surface area (Å²) >= 11 is 1.80. The van der Waals surface area contributed by atoms with Gasteiger partial charge in [-0.2, -0.15) is 0 Å². The molecule has 4 rings (SSSR count). The second-order valence-electron chi connectivity index (χ2n) is 6.49. The molecule has 0 radical (unpaired) electrons. The van der Waals surface area contributed by atoms with Crippen molar-refractivity contribution < 1.29 is 0 Å². The van der Waals surface area contributed by atoms with Gasteiger partial charge in [0.2, 0.25) is 0 Å². The molecule has 0 saturated carbocycles. The number of hydrogen-bond donors (Lipinski definition) is 2. The summed E-state index contributed by atoms with van der Waals surface area (Å²) in [5.41, 5.74) is 3.29. The third-order valence-corrected chi connectivity index (χ3v) is 5.62. The van der Waals surface area contributed by atoms with Crippen molar-refractivity contribution >= 4 is 17.2 Å². The molecule has 0 spiro atoms. The molecule has 1 aliphatic rings. The summed E-state index contributed by atoms with van der Waals surface area (Å²) < 4.78 is 0. The number of aromatic nitrogens is 3. The maximum Gasteiger partial charge on any atom is 0.163 e. The molecule has 3 aromatic rings. The predicted molar refractivity (Wildman–Crippen MR) is 106 cm³/mol. The fourth-order valence-corrected chi connectivity index (χ4v) is 4.14. The molecule has 6 heteroatoms. The molecule has 134 valence electrons. The van der Waals surface area contributed by atoms with Crippen molar-refractivity contribution in [3.8, 4) is 11.4 Å². The fourth-order valence-electron chi connectivity index (χ4n) is 3.33. The Hall–Kier alpha value is -2.31. The second-order valence-corrected chi connectivity index (χ2v) is 7.47. The summed E-state index contributed by atoms with van der Waals surface area (Å²) in [6, 6.07) is 8.54. The normalized spacial score (nSPS) is 14.7. The van der Waals surface area contributed by atoms with Crippen LogP contribution >= 0.6 is 11.3 Å². The third kappa shape index (κ3) is 3.61. The van der Waals surface area contributed by atoms with E-state index in [0.29, 0.717) is 0 Å². The summed E-state index contributed by atoms with van der Waals surface area (Å²) in [6.45, 7) is 3.98. The van der Waals surface area contributed by atoms with Gasteiger partial charge in [-0.25, -0.2) is 9.97 Å². The lowest BCUT2D eigenvalue weighted by molar-refractivity contribution is 0.620. The van der Waals surface area contributed by atoms with Crippen LogP contribution in [0, 0.1) is 0 Å². The van der Waals surface area contributed by atoms with Gasteiger partial charge in [0.25, 0.3) is 0 Å². The number of nitrogens with zero attached hydrogens (tertiary/aromatic N) is 3. The van der Waals surface area contributed by atoms with E-state index in [4.69, 9.17) is 9.97 Å². The van der Waals surface area contributed by atoms with Gasteiger partial charge in [-0.1, -0.05) is 19.4 Å². The first-order valence-corrected chi connectivity index (χ1v) is 10.0. The molecule has 4 heterocycles. The standard InChI is InChI=1S/C20H23N5S/c1-2-5-16(18-7-4-11-26-18)23-20-15-8-10-22-13-17(15)24-19(25-20)14-6-3-9-21-12-14/h3-4,6-7,9,11-12,16,22H,2,5,8,10,13H2,1H3,(H,23,24,25)/t16-/m1/s1. The van der Waals surface area contributed by atoms with Crippen molar-refractivity contribution in [2.75, 3.05) is 11.9 Å². The molecule has 0 aliphatic carbocycles. The van der Waals surface area contributed by atoms with Crippen molar-refractivity contribution in [2.24, 2.45) is 0 Å². The molecule has 0 amide bonds. The van der Waals surface area contributed by atoms with Crippen LogP contribution in [0.15, 0.2) is 42.0 Å². The van der Waals surface area contributed by atoms with Crippen molar-refractivity contribution in [1.29, 1.82) is 0 Å². The quantitative estimate of drug-likeness (QED) is 0.685. The van der Waals surface area contributed by atoms with E-state index in [1.807, 2.05) is 18.3 Å². The molecule has 0 bridgehead atoms. The van der Waals surface area contributed by atoms with Gasteiger partial charge in [0.1, 0.15) is 5.82 Å².